The van der Waals surface area contributed by atoms with Crippen LogP contribution in [0.2, 0.25) is 0 Å². The normalized spacial score (nSPS) is 13.2. The predicted octanol–water partition coefficient (Wildman–Crippen LogP) is 3.76. The van der Waals surface area contributed by atoms with Gasteiger partial charge < -0.3 is 15.0 Å². The zero-order valence-corrected chi connectivity index (χ0v) is 17.6. The highest BCUT2D eigenvalue weighted by Gasteiger charge is 2.22. The van der Waals surface area contributed by atoms with E-state index in [4.69, 9.17) is 4.99 Å². The number of hydrogen-bond acceptors (Lipinski definition) is 3. The van der Waals surface area contributed by atoms with Crippen LogP contribution in [0.4, 0.5) is 5.69 Å². The lowest BCUT2D eigenvalue weighted by molar-refractivity contribution is -0.140. The zero-order valence-electron chi connectivity index (χ0n) is 15.3. The number of hydrogen-bond donors (Lipinski definition) is 1. The molecule has 0 saturated carbocycles. The van der Waals surface area contributed by atoms with Crippen LogP contribution in [0.1, 0.15) is 44.6 Å². The Bertz CT molecular complexity index is 563. The van der Waals surface area contributed by atoms with Gasteiger partial charge in [-0.3, -0.25) is 9.79 Å². The van der Waals surface area contributed by atoms with Gasteiger partial charge in [-0.15, -0.1) is 24.0 Å². The Balaban J connectivity index is 0.00000312. The number of halogens is 1. The molecule has 0 aromatic heterocycles. The lowest BCUT2D eigenvalue weighted by Crippen LogP contribution is -2.40. The number of carbonyl (C=O) groups is 1. The summed E-state index contributed by atoms with van der Waals surface area (Å²) in [5.74, 6) is 0.868. The van der Waals surface area contributed by atoms with E-state index in [1.807, 2.05) is 0 Å². The van der Waals surface area contributed by atoms with E-state index in [-0.39, 0.29) is 29.9 Å². The topological polar surface area (TPSA) is 53.9 Å². The molecule has 1 heterocycles. The summed E-state index contributed by atoms with van der Waals surface area (Å²) in [4.78, 5) is 18.1. The SMILES string of the molecule is CCNC(=NCCCCCCC(=O)OC)N1CCc2ccccc21.I. The Kier molecular flexibility index (Phi) is 10.5. The molecule has 5 nitrogen and oxygen atoms in total. The highest BCUT2D eigenvalue weighted by molar-refractivity contribution is 14.0. The van der Waals surface area contributed by atoms with E-state index in [9.17, 15) is 4.79 Å². The van der Waals surface area contributed by atoms with Crippen molar-refractivity contribution in [3.8, 4) is 0 Å². The number of rotatable bonds is 8. The number of fused-ring (bicyclic) bond motifs is 1. The molecule has 1 aliphatic rings. The molecule has 0 saturated heterocycles. The molecule has 1 N–H and O–H groups in total. The van der Waals surface area contributed by atoms with E-state index >= 15 is 0 Å². The van der Waals surface area contributed by atoms with Crippen LogP contribution >= 0.6 is 24.0 Å². The molecule has 2 rings (SSSR count). The standard InChI is InChI=1S/C19H29N3O2.HI/c1-3-20-19(21-14-9-5-4-6-12-18(23)24-2)22-15-13-16-10-7-8-11-17(16)22;/h7-8,10-11H,3-6,9,12-15H2,1-2H3,(H,20,21);1H. The fourth-order valence-electron chi connectivity index (χ4n) is 2.97. The maximum atomic E-state index is 11.1. The minimum Gasteiger partial charge on any atom is -0.469 e. The summed E-state index contributed by atoms with van der Waals surface area (Å²) >= 11 is 0. The zero-order chi connectivity index (χ0) is 17.2. The third-order valence-corrected chi connectivity index (χ3v) is 4.26. The fourth-order valence-corrected chi connectivity index (χ4v) is 2.97. The van der Waals surface area contributed by atoms with Crippen molar-refractivity contribution >= 4 is 41.6 Å². The van der Waals surface area contributed by atoms with Crippen molar-refractivity contribution in [3.63, 3.8) is 0 Å². The number of ether oxygens (including phenoxy) is 1. The number of guanidine groups is 1. The monoisotopic (exact) mass is 459 g/mol. The number of nitrogens with one attached hydrogen (secondary N) is 1. The van der Waals surface area contributed by atoms with E-state index in [1.54, 1.807) is 0 Å². The molecule has 0 fully saturated rings. The Hall–Kier alpha value is -1.31. The van der Waals surface area contributed by atoms with Crippen molar-refractivity contribution in [2.24, 2.45) is 4.99 Å². The lowest BCUT2D eigenvalue weighted by atomic mass is 10.1. The Morgan fingerprint density at radius 1 is 1.24 bits per heavy atom. The van der Waals surface area contributed by atoms with Gasteiger partial charge in [0.2, 0.25) is 0 Å². The van der Waals surface area contributed by atoms with Gasteiger partial charge >= 0.3 is 5.97 Å². The lowest BCUT2D eigenvalue weighted by Gasteiger charge is -2.22. The summed E-state index contributed by atoms with van der Waals surface area (Å²) in [6.07, 6.45) is 5.69. The van der Waals surface area contributed by atoms with Gasteiger partial charge in [-0.1, -0.05) is 31.0 Å². The molecule has 0 atom stereocenters. The Morgan fingerprint density at radius 3 is 2.76 bits per heavy atom. The van der Waals surface area contributed by atoms with Gasteiger partial charge in [0.25, 0.3) is 0 Å². The molecular formula is C19H30IN3O2. The van der Waals surface area contributed by atoms with Crippen molar-refractivity contribution < 1.29 is 9.53 Å². The van der Waals surface area contributed by atoms with Crippen LogP contribution in [-0.4, -0.2) is 38.7 Å². The van der Waals surface area contributed by atoms with Crippen LogP contribution < -0.4 is 10.2 Å². The van der Waals surface area contributed by atoms with Gasteiger partial charge in [-0.25, -0.2) is 0 Å². The first-order chi connectivity index (χ1) is 11.8. The second-order valence-electron chi connectivity index (χ2n) is 6.01. The van der Waals surface area contributed by atoms with Crippen molar-refractivity contribution in [3.05, 3.63) is 29.8 Å². The van der Waals surface area contributed by atoms with Crippen LogP contribution in [0, 0.1) is 0 Å². The van der Waals surface area contributed by atoms with Crippen LogP contribution in [0.15, 0.2) is 29.3 Å². The highest BCUT2D eigenvalue weighted by atomic mass is 127. The molecule has 0 aliphatic carbocycles. The van der Waals surface area contributed by atoms with E-state index in [1.165, 1.54) is 18.4 Å². The molecule has 0 radical (unpaired) electrons. The number of aliphatic imine (C=N–C) groups is 1. The van der Waals surface area contributed by atoms with Gasteiger partial charge in [0.15, 0.2) is 5.96 Å². The van der Waals surface area contributed by atoms with Crippen LogP contribution in [0.5, 0.6) is 0 Å². The number of carbonyl (C=O) groups excluding carboxylic acids is 1. The molecular weight excluding hydrogens is 429 g/mol. The average Bonchev–Trinajstić information content (AvgIpc) is 3.03. The van der Waals surface area contributed by atoms with E-state index in [0.29, 0.717) is 6.42 Å². The summed E-state index contributed by atoms with van der Waals surface area (Å²) < 4.78 is 4.65. The molecule has 0 amide bonds. The number of unbranched alkanes of at least 4 members (excludes halogenated alkanes) is 3. The molecule has 25 heavy (non-hydrogen) atoms. The number of nitrogens with zero attached hydrogens (tertiary/aromatic N) is 2. The molecule has 1 aromatic carbocycles. The fraction of sp³-hybridized carbons (Fsp3) is 0.579. The molecule has 0 spiro atoms. The third kappa shape index (κ3) is 6.84. The van der Waals surface area contributed by atoms with Crippen molar-refractivity contribution in [1.82, 2.24) is 5.32 Å². The molecule has 0 unspecified atom stereocenters. The number of benzene rings is 1. The molecule has 0 bridgehead atoms. The van der Waals surface area contributed by atoms with Crippen LogP contribution in [0.3, 0.4) is 0 Å². The summed E-state index contributed by atoms with van der Waals surface area (Å²) in [5.41, 5.74) is 2.67. The van der Waals surface area contributed by atoms with E-state index in [0.717, 1.165) is 57.7 Å². The van der Waals surface area contributed by atoms with Crippen molar-refractivity contribution in [1.29, 1.82) is 0 Å². The summed E-state index contributed by atoms with van der Waals surface area (Å²) in [5, 5.41) is 3.40. The molecule has 1 aliphatic heterocycles. The van der Waals surface area contributed by atoms with Gasteiger partial charge in [0.05, 0.1) is 7.11 Å². The first-order valence-electron chi connectivity index (χ1n) is 8.96. The van der Waals surface area contributed by atoms with Crippen molar-refractivity contribution in [2.75, 3.05) is 31.6 Å². The predicted molar refractivity (Wildman–Crippen MR) is 114 cm³/mol. The minimum absolute atomic E-state index is 0. The smallest absolute Gasteiger partial charge is 0.305 e. The van der Waals surface area contributed by atoms with E-state index in [2.05, 4.69) is 46.1 Å². The second-order valence-corrected chi connectivity index (χ2v) is 6.01. The number of methoxy groups -OCH3 is 1. The molecule has 140 valence electrons. The van der Waals surface area contributed by atoms with E-state index < -0.39 is 0 Å². The van der Waals surface area contributed by atoms with Crippen LogP contribution in [-0.2, 0) is 16.0 Å². The summed E-state index contributed by atoms with van der Waals surface area (Å²) in [6.45, 7) is 4.78. The molecule has 6 heteroatoms. The third-order valence-electron chi connectivity index (χ3n) is 4.26. The van der Waals surface area contributed by atoms with Gasteiger partial charge in [-0.05, 0) is 37.8 Å². The summed E-state index contributed by atoms with van der Waals surface area (Å²) in [6, 6.07) is 8.55. The number of esters is 1. The maximum Gasteiger partial charge on any atom is 0.305 e. The van der Waals surface area contributed by atoms with Gasteiger partial charge in [-0.2, -0.15) is 0 Å². The summed E-state index contributed by atoms with van der Waals surface area (Å²) in [7, 11) is 1.44. The Labute approximate surface area is 168 Å². The van der Waals surface area contributed by atoms with Gasteiger partial charge in [0, 0.05) is 31.7 Å². The maximum absolute atomic E-state index is 11.1. The van der Waals surface area contributed by atoms with Crippen molar-refractivity contribution in [2.45, 2.75) is 45.4 Å². The quantitative estimate of drug-likeness (QED) is 0.212. The average molecular weight is 459 g/mol. The highest BCUT2D eigenvalue weighted by Crippen LogP contribution is 2.27. The minimum atomic E-state index is -0.116. The largest absolute Gasteiger partial charge is 0.469 e. The Morgan fingerprint density at radius 2 is 2.00 bits per heavy atom. The number of para-hydroxylation sites is 1. The molecule has 1 aromatic rings. The first-order valence-corrected chi connectivity index (χ1v) is 8.96. The van der Waals surface area contributed by atoms with Gasteiger partial charge in [0.1, 0.15) is 0 Å². The number of anilines is 1. The van der Waals surface area contributed by atoms with Crippen LogP contribution in [0.25, 0.3) is 0 Å². The second kappa shape index (κ2) is 12.1. The first kappa shape index (κ1) is 21.7.